The fraction of sp³-hybridized carbons (Fsp3) is 0.900. The first-order valence-electron chi connectivity index (χ1n) is 5.17. The van der Waals surface area contributed by atoms with Crippen LogP contribution in [-0.4, -0.2) is 30.7 Å². The van der Waals surface area contributed by atoms with Gasteiger partial charge in [0.15, 0.2) is 0 Å². The monoisotopic (exact) mass is 200 g/mol. The summed E-state index contributed by atoms with van der Waals surface area (Å²) in [6, 6.07) is -0.0307. The minimum Gasteiger partial charge on any atom is -0.351 e. The van der Waals surface area contributed by atoms with E-state index in [-0.39, 0.29) is 23.4 Å². The van der Waals surface area contributed by atoms with Gasteiger partial charge in [-0.1, -0.05) is 13.8 Å². The Labute approximate surface area is 83.4 Å². The van der Waals surface area contributed by atoms with Crippen molar-refractivity contribution in [3.05, 3.63) is 0 Å². The summed E-state index contributed by atoms with van der Waals surface area (Å²) in [4.78, 5) is 11.6. The molecule has 80 valence electrons. The predicted octanol–water partition coefficient (Wildman–Crippen LogP) is 0.601. The van der Waals surface area contributed by atoms with Gasteiger partial charge in [-0.25, -0.2) is 4.39 Å². The van der Waals surface area contributed by atoms with Crippen LogP contribution in [0.25, 0.3) is 0 Å². The second-order valence-electron chi connectivity index (χ2n) is 5.05. The molecule has 1 aliphatic heterocycles. The quantitative estimate of drug-likeness (QED) is 0.685. The van der Waals surface area contributed by atoms with Crippen molar-refractivity contribution in [3.63, 3.8) is 0 Å². The fourth-order valence-electron chi connectivity index (χ4n) is 1.88. The van der Waals surface area contributed by atoms with Gasteiger partial charge in [-0.3, -0.25) is 4.79 Å². The highest BCUT2D eigenvalue weighted by molar-refractivity contribution is 5.82. The van der Waals surface area contributed by atoms with Crippen LogP contribution in [-0.2, 0) is 4.79 Å². The van der Waals surface area contributed by atoms with Crippen molar-refractivity contribution in [2.24, 2.45) is 5.41 Å². The second-order valence-corrected chi connectivity index (χ2v) is 5.05. The van der Waals surface area contributed by atoms with E-state index >= 15 is 0 Å². The van der Waals surface area contributed by atoms with E-state index in [1.165, 1.54) is 0 Å². The van der Waals surface area contributed by atoms with E-state index in [2.05, 4.69) is 24.5 Å². The fourth-order valence-corrected chi connectivity index (χ4v) is 1.88. The van der Waals surface area contributed by atoms with Crippen LogP contribution in [0.5, 0.6) is 0 Å². The van der Waals surface area contributed by atoms with Gasteiger partial charge < -0.3 is 10.6 Å². The second kappa shape index (κ2) is 3.19. The Hall–Kier alpha value is -0.640. The molecule has 3 atom stereocenters. The number of nitrogens with one attached hydrogen (secondary N) is 2. The zero-order chi connectivity index (χ0) is 10.3. The van der Waals surface area contributed by atoms with Gasteiger partial charge in [0, 0.05) is 19.0 Å². The third-order valence-electron chi connectivity index (χ3n) is 3.22. The first-order valence-corrected chi connectivity index (χ1v) is 5.17. The lowest BCUT2D eigenvalue weighted by Gasteiger charge is -2.11. The topological polar surface area (TPSA) is 41.1 Å². The smallest absolute Gasteiger partial charge is 0.237 e. The van der Waals surface area contributed by atoms with Gasteiger partial charge in [0.25, 0.3) is 0 Å². The third kappa shape index (κ3) is 1.90. The van der Waals surface area contributed by atoms with E-state index in [0.29, 0.717) is 13.0 Å². The van der Waals surface area contributed by atoms with Gasteiger partial charge in [-0.2, -0.15) is 0 Å². The average Bonchev–Trinajstić information content (AvgIpc) is 2.52. The lowest BCUT2D eigenvalue weighted by atomic mass is 10.1. The van der Waals surface area contributed by atoms with Crippen LogP contribution >= 0.6 is 0 Å². The molecule has 1 saturated heterocycles. The Balaban J connectivity index is 1.79. The number of carbonyl (C=O) groups is 1. The average molecular weight is 200 g/mol. The Bertz CT molecular complexity index is 255. The Morgan fingerprint density at radius 3 is 2.64 bits per heavy atom. The maximum Gasteiger partial charge on any atom is 0.237 e. The van der Waals surface area contributed by atoms with Crippen LogP contribution in [0.2, 0.25) is 0 Å². The summed E-state index contributed by atoms with van der Waals surface area (Å²) in [5, 5.41) is 5.82. The molecular formula is C10H17FN2O. The molecule has 3 nitrogen and oxygen atoms in total. The molecule has 0 aromatic rings. The summed E-state index contributed by atoms with van der Waals surface area (Å²) in [6.07, 6.45) is 0.488. The van der Waals surface area contributed by atoms with Crippen molar-refractivity contribution >= 4 is 5.91 Å². The summed E-state index contributed by atoms with van der Waals surface area (Å²) in [5.41, 5.74) is 0.239. The number of hydrogen-bond donors (Lipinski definition) is 2. The number of alkyl halides is 1. The minimum absolute atomic E-state index is 0.0410. The maximum absolute atomic E-state index is 12.8. The molecule has 1 amide bonds. The van der Waals surface area contributed by atoms with Gasteiger partial charge >= 0.3 is 0 Å². The van der Waals surface area contributed by atoms with E-state index < -0.39 is 6.17 Å². The normalized spacial score (nSPS) is 39.5. The van der Waals surface area contributed by atoms with Gasteiger partial charge in [0.1, 0.15) is 6.17 Å². The van der Waals surface area contributed by atoms with Gasteiger partial charge in [-0.15, -0.1) is 0 Å². The molecule has 4 heteroatoms. The lowest BCUT2D eigenvalue weighted by Crippen LogP contribution is -2.42. The minimum atomic E-state index is -0.863. The summed E-state index contributed by atoms with van der Waals surface area (Å²) >= 11 is 0. The lowest BCUT2D eigenvalue weighted by molar-refractivity contribution is -0.123. The standard InChI is InChI=1S/C10H17FN2O/c1-10(2)4-8(10)13-9(14)7-3-6(11)5-12-7/h6-8,12H,3-5H2,1-2H3,(H,13,14)/t6-,7+,8?/m0/s1. The van der Waals surface area contributed by atoms with Gasteiger partial charge in [0.05, 0.1) is 6.04 Å². The summed E-state index contributed by atoms with van der Waals surface area (Å²) < 4.78 is 12.8. The van der Waals surface area contributed by atoms with Crippen molar-refractivity contribution in [3.8, 4) is 0 Å². The largest absolute Gasteiger partial charge is 0.351 e. The molecule has 14 heavy (non-hydrogen) atoms. The summed E-state index contributed by atoms with van der Waals surface area (Å²) in [6.45, 7) is 4.56. The zero-order valence-electron chi connectivity index (χ0n) is 8.64. The summed E-state index contributed by atoms with van der Waals surface area (Å²) in [7, 11) is 0. The molecule has 0 aromatic heterocycles. The molecule has 1 saturated carbocycles. The molecule has 1 aliphatic carbocycles. The highest BCUT2D eigenvalue weighted by atomic mass is 19.1. The van der Waals surface area contributed by atoms with E-state index in [1.807, 2.05) is 0 Å². The van der Waals surface area contributed by atoms with Crippen LogP contribution in [0.4, 0.5) is 4.39 Å². The first kappa shape index (κ1) is 9.90. The number of hydrogen-bond acceptors (Lipinski definition) is 2. The van der Waals surface area contributed by atoms with Crippen molar-refractivity contribution in [1.29, 1.82) is 0 Å². The Kier molecular flexibility index (Phi) is 2.26. The molecule has 1 heterocycles. The molecule has 2 fully saturated rings. The van der Waals surface area contributed by atoms with Crippen molar-refractivity contribution in [2.45, 2.75) is 44.9 Å². The highest BCUT2D eigenvalue weighted by Gasteiger charge is 2.47. The van der Waals surface area contributed by atoms with Crippen molar-refractivity contribution in [2.75, 3.05) is 6.54 Å². The molecular weight excluding hydrogens is 183 g/mol. The van der Waals surface area contributed by atoms with E-state index in [0.717, 1.165) is 6.42 Å². The summed E-state index contributed by atoms with van der Waals surface area (Å²) in [5.74, 6) is -0.0410. The van der Waals surface area contributed by atoms with Gasteiger partial charge in [0.2, 0.25) is 5.91 Å². The Morgan fingerprint density at radius 2 is 2.21 bits per heavy atom. The first-order chi connectivity index (χ1) is 6.49. The Morgan fingerprint density at radius 1 is 1.57 bits per heavy atom. The number of carbonyl (C=O) groups excluding carboxylic acids is 1. The van der Waals surface area contributed by atoms with Crippen LogP contribution in [0.3, 0.4) is 0 Å². The molecule has 0 spiro atoms. The molecule has 2 rings (SSSR count). The zero-order valence-corrected chi connectivity index (χ0v) is 8.64. The van der Waals surface area contributed by atoms with Crippen LogP contribution in [0.1, 0.15) is 26.7 Å². The highest BCUT2D eigenvalue weighted by Crippen LogP contribution is 2.44. The maximum atomic E-state index is 12.8. The van der Waals surface area contributed by atoms with E-state index in [4.69, 9.17) is 0 Å². The number of halogens is 1. The number of rotatable bonds is 2. The van der Waals surface area contributed by atoms with Crippen LogP contribution < -0.4 is 10.6 Å². The van der Waals surface area contributed by atoms with Crippen molar-refractivity contribution in [1.82, 2.24) is 10.6 Å². The van der Waals surface area contributed by atoms with E-state index in [9.17, 15) is 9.18 Å². The molecule has 0 radical (unpaired) electrons. The van der Waals surface area contributed by atoms with E-state index in [1.54, 1.807) is 0 Å². The third-order valence-corrected chi connectivity index (χ3v) is 3.22. The van der Waals surface area contributed by atoms with Crippen LogP contribution in [0, 0.1) is 5.41 Å². The molecule has 0 aromatic carbocycles. The molecule has 1 unspecified atom stereocenters. The predicted molar refractivity (Wildman–Crippen MR) is 51.6 cm³/mol. The van der Waals surface area contributed by atoms with Gasteiger partial charge in [-0.05, 0) is 11.8 Å². The SMILES string of the molecule is CC1(C)CC1NC(=O)[C@H]1C[C@H](F)CN1. The molecule has 2 N–H and O–H groups in total. The molecule has 2 aliphatic rings. The van der Waals surface area contributed by atoms with Crippen molar-refractivity contribution < 1.29 is 9.18 Å². The van der Waals surface area contributed by atoms with Crippen LogP contribution in [0.15, 0.2) is 0 Å². The molecule has 0 bridgehead atoms. The number of amides is 1.